The van der Waals surface area contributed by atoms with Crippen LogP contribution in [0.3, 0.4) is 0 Å². The first-order chi connectivity index (χ1) is 11.6. The third-order valence-electron chi connectivity index (χ3n) is 4.72. The first-order valence-corrected chi connectivity index (χ1v) is 8.66. The summed E-state index contributed by atoms with van der Waals surface area (Å²) in [6.45, 7) is 3.05. The Morgan fingerprint density at radius 3 is 2.75 bits per heavy atom. The van der Waals surface area contributed by atoms with E-state index in [2.05, 4.69) is 17.0 Å². The number of aromatic nitrogens is 1. The molecule has 24 heavy (non-hydrogen) atoms. The summed E-state index contributed by atoms with van der Waals surface area (Å²) in [6, 6.07) is 10.1. The number of likely N-dealkylation sites (N-methyl/N-ethyl adjacent to an activating group) is 1. The van der Waals surface area contributed by atoms with Crippen molar-refractivity contribution >= 4 is 16.8 Å². The van der Waals surface area contributed by atoms with Crippen LogP contribution < -0.4 is 0 Å². The smallest absolute Gasteiger partial charge is 0.270 e. The second kappa shape index (κ2) is 7.36. The predicted molar refractivity (Wildman–Crippen MR) is 96.4 cm³/mol. The number of hydrogen-bond acceptors (Lipinski definition) is 3. The standard InChI is InChI=1S/C19H27N3O2/c1-20(2)10-11-22(14-16-8-6-12-24-16)19(23)18-13-15-7-4-5-9-17(15)21(18)3/h4-5,7,9,13,16H,6,8,10-12,14H2,1-3H3/t16-/m0/s1. The van der Waals surface area contributed by atoms with Crippen molar-refractivity contribution in [1.29, 1.82) is 0 Å². The maximum Gasteiger partial charge on any atom is 0.270 e. The summed E-state index contributed by atoms with van der Waals surface area (Å²) in [5.74, 6) is 0.0889. The van der Waals surface area contributed by atoms with Gasteiger partial charge in [0.25, 0.3) is 5.91 Å². The largest absolute Gasteiger partial charge is 0.376 e. The van der Waals surface area contributed by atoms with Crippen LogP contribution in [-0.4, -0.2) is 66.7 Å². The minimum Gasteiger partial charge on any atom is -0.376 e. The van der Waals surface area contributed by atoms with Crippen molar-refractivity contribution in [2.24, 2.45) is 7.05 Å². The zero-order chi connectivity index (χ0) is 17.1. The maximum absolute atomic E-state index is 13.2. The van der Waals surface area contributed by atoms with Gasteiger partial charge in [-0.15, -0.1) is 0 Å². The molecule has 0 N–H and O–H groups in total. The Hall–Kier alpha value is -1.85. The summed E-state index contributed by atoms with van der Waals surface area (Å²) in [6.07, 6.45) is 2.31. The lowest BCUT2D eigenvalue weighted by atomic mass is 10.2. The van der Waals surface area contributed by atoms with Crippen LogP contribution in [0, 0.1) is 0 Å². The van der Waals surface area contributed by atoms with Crippen LogP contribution >= 0.6 is 0 Å². The first kappa shape index (κ1) is 17.0. The average molecular weight is 329 g/mol. The van der Waals surface area contributed by atoms with Gasteiger partial charge in [0.05, 0.1) is 6.10 Å². The van der Waals surface area contributed by atoms with E-state index in [1.54, 1.807) is 0 Å². The fourth-order valence-corrected chi connectivity index (χ4v) is 3.29. The highest BCUT2D eigenvalue weighted by molar-refractivity contribution is 5.98. The predicted octanol–water partition coefficient (Wildman–Crippen LogP) is 2.36. The normalized spacial score (nSPS) is 17.8. The van der Waals surface area contributed by atoms with Crippen molar-refractivity contribution in [3.8, 4) is 0 Å². The second-order valence-electron chi connectivity index (χ2n) is 6.84. The Morgan fingerprint density at radius 1 is 1.29 bits per heavy atom. The number of carbonyl (C=O) groups excluding carboxylic acids is 1. The molecule has 1 aliphatic heterocycles. The second-order valence-corrected chi connectivity index (χ2v) is 6.84. The molecule has 0 saturated carbocycles. The molecule has 1 atom stereocenters. The number of para-hydroxylation sites is 1. The topological polar surface area (TPSA) is 37.7 Å². The molecule has 0 unspecified atom stereocenters. The monoisotopic (exact) mass is 329 g/mol. The van der Waals surface area contributed by atoms with E-state index in [0.29, 0.717) is 13.1 Å². The van der Waals surface area contributed by atoms with Gasteiger partial charge in [-0.1, -0.05) is 18.2 Å². The lowest BCUT2D eigenvalue weighted by Crippen LogP contribution is -2.41. The Bertz CT molecular complexity index is 702. The molecule has 2 heterocycles. The van der Waals surface area contributed by atoms with Gasteiger partial charge in [0.1, 0.15) is 5.69 Å². The zero-order valence-electron chi connectivity index (χ0n) is 14.9. The molecule has 1 aromatic heterocycles. The van der Waals surface area contributed by atoms with Gasteiger partial charge in [-0.3, -0.25) is 4.79 Å². The van der Waals surface area contributed by atoms with Gasteiger partial charge in [-0.2, -0.15) is 0 Å². The minimum absolute atomic E-state index is 0.0889. The lowest BCUT2D eigenvalue weighted by molar-refractivity contribution is 0.0505. The lowest BCUT2D eigenvalue weighted by Gasteiger charge is -2.27. The molecule has 0 aliphatic carbocycles. The molecule has 3 rings (SSSR count). The first-order valence-electron chi connectivity index (χ1n) is 8.66. The van der Waals surface area contributed by atoms with E-state index < -0.39 is 0 Å². The quantitative estimate of drug-likeness (QED) is 0.816. The molecule has 2 aromatic rings. The molecule has 0 bridgehead atoms. The van der Waals surface area contributed by atoms with Crippen LogP contribution in [0.15, 0.2) is 30.3 Å². The van der Waals surface area contributed by atoms with Crippen molar-refractivity contribution in [2.75, 3.05) is 40.3 Å². The van der Waals surface area contributed by atoms with Crippen molar-refractivity contribution in [3.63, 3.8) is 0 Å². The Labute approximate surface area is 143 Å². The van der Waals surface area contributed by atoms with Crippen LogP contribution in [0.25, 0.3) is 10.9 Å². The summed E-state index contributed by atoms with van der Waals surface area (Å²) >= 11 is 0. The van der Waals surface area contributed by atoms with E-state index in [4.69, 9.17) is 4.74 Å². The molecule has 130 valence electrons. The van der Waals surface area contributed by atoms with Crippen molar-refractivity contribution in [3.05, 3.63) is 36.0 Å². The molecule has 1 aromatic carbocycles. The van der Waals surface area contributed by atoms with Gasteiger partial charge in [-0.05, 0) is 39.1 Å². The van der Waals surface area contributed by atoms with Gasteiger partial charge in [0, 0.05) is 44.2 Å². The van der Waals surface area contributed by atoms with E-state index >= 15 is 0 Å². The summed E-state index contributed by atoms with van der Waals surface area (Å²) in [5.41, 5.74) is 1.83. The number of hydrogen-bond donors (Lipinski definition) is 0. The van der Waals surface area contributed by atoms with Gasteiger partial charge in [-0.25, -0.2) is 0 Å². The number of aryl methyl sites for hydroxylation is 1. The average Bonchev–Trinajstić information content (AvgIpc) is 3.19. The van der Waals surface area contributed by atoms with Crippen LogP contribution in [0.4, 0.5) is 0 Å². The van der Waals surface area contributed by atoms with Crippen molar-refractivity contribution in [1.82, 2.24) is 14.4 Å². The molecular weight excluding hydrogens is 302 g/mol. The molecular formula is C19H27N3O2. The molecule has 0 spiro atoms. The number of benzene rings is 1. The third-order valence-corrected chi connectivity index (χ3v) is 4.72. The van der Waals surface area contributed by atoms with E-state index in [1.807, 2.05) is 48.8 Å². The van der Waals surface area contributed by atoms with Crippen LogP contribution in [0.2, 0.25) is 0 Å². The van der Waals surface area contributed by atoms with Crippen molar-refractivity contribution < 1.29 is 9.53 Å². The van der Waals surface area contributed by atoms with E-state index in [1.165, 1.54) is 0 Å². The van der Waals surface area contributed by atoms with E-state index in [-0.39, 0.29) is 12.0 Å². The number of rotatable bonds is 6. The molecule has 1 saturated heterocycles. The highest BCUT2D eigenvalue weighted by Gasteiger charge is 2.25. The highest BCUT2D eigenvalue weighted by atomic mass is 16.5. The van der Waals surface area contributed by atoms with Crippen LogP contribution in [-0.2, 0) is 11.8 Å². The molecule has 0 radical (unpaired) electrons. The number of amides is 1. The Morgan fingerprint density at radius 2 is 2.08 bits per heavy atom. The number of nitrogens with zero attached hydrogens (tertiary/aromatic N) is 3. The van der Waals surface area contributed by atoms with Crippen LogP contribution in [0.5, 0.6) is 0 Å². The maximum atomic E-state index is 13.2. The Balaban J connectivity index is 1.83. The summed E-state index contributed by atoms with van der Waals surface area (Å²) in [7, 11) is 6.03. The van der Waals surface area contributed by atoms with Crippen LogP contribution in [0.1, 0.15) is 23.3 Å². The van der Waals surface area contributed by atoms with Crippen molar-refractivity contribution in [2.45, 2.75) is 18.9 Å². The van der Waals surface area contributed by atoms with Gasteiger partial charge in [0.15, 0.2) is 0 Å². The van der Waals surface area contributed by atoms with E-state index in [0.717, 1.165) is 42.6 Å². The zero-order valence-corrected chi connectivity index (χ0v) is 14.9. The number of carbonyl (C=O) groups is 1. The number of fused-ring (bicyclic) bond motifs is 1. The molecule has 5 nitrogen and oxygen atoms in total. The summed E-state index contributed by atoms with van der Waals surface area (Å²) in [5, 5.41) is 1.10. The van der Waals surface area contributed by atoms with Gasteiger partial charge < -0.3 is 19.1 Å². The summed E-state index contributed by atoms with van der Waals surface area (Å²) < 4.78 is 7.75. The van der Waals surface area contributed by atoms with Gasteiger partial charge >= 0.3 is 0 Å². The fraction of sp³-hybridized carbons (Fsp3) is 0.526. The molecule has 1 amide bonds. The minimum atomic E-state index is 0.0889. The number of ether oxygens (including phenoxy) is 1. The van der Waals surface area contributed by atoms with Gasteiger partial charge in [0.2, 0.25) is 0 Å². The molecule has 1 aliphatic rings. The molecule has 1 fully saturated rings. The molecule has 5 heteroatoms. The van der Waals surface area contributed by atoms with E-state index in [9.17, 15) is 4.79 Å². The third kappa shape index (κ3) is 3.62. The SMILES string of the molecule is CN(C)CCN(C[C@@H]1CCCO1)C(=O)c1cc2ccccc2n1C. The summed E-state index contributed by atoms with van der Waals surface area (Å²) in [4.78, 5) is 17.2. The highest BCUT2D eigenvalue weighted by Crippen LogP contribution is 2.21. The Kier molecular flexibility index (Phi) is 5.21. The fourth-order valence-electron chi connectivity index (χ4n) is 3.29.